The van der Waals surface area contributed by atoms with Gasteiger partial charge in [0.1, 0.15) is 5.76 Å². The summed E-state index contributed by atoms with van der Waals surface area (Å²) in [6, 6.07) is 9.09. The van der Waals surface area contributed by atoms with E-state index in [-0.39, 0.29) is 24.3 Å². The van der Waals surface area contributed by atoms with E-state index in [4.69, 9.17) is 4.52 Å². The molecule has 6 nitrogen and oxygen atoms in total. The van der Waals surface area contributed by atoms with Gasteiger partial charge in [-0.15, -0.1) is 0 Å². The van der Waals surface area contributed by atoms with Gasteiger partial charge in [0.15, 0.2) is 0 Å². The number of benzene rings is 1. The Morgan fingerprint density at radius 1 is 1.22 bits per heavy atom. The zero-order valence-corrected chi connectivity index (χ0v) is 13.6. The highest BCUT2D eigenvalue weighted by molar-refractivity contribution is 5.79. The molecule has 2 N–H and O–H groups in total. The van der Waals surface area contributed by atoms with Gasteiger partial charge in [0.25, 0.3) is 0 Å². The second-order valence-electron chi connectivity index (χ2n) is 5.45. The molecule has 0 aliphatic rings. The molecule has 1 heterocycles. The third-order valence-electron chi connectivity index (χ3n) is 3.61. The highest BCUT2D eigenvalue weighted by Gasteiger charge is 2.17. The van der Waals surface area contributed by atoms with E-state index < -0.39 is 0 Å². The molecular formula is C17H21N3O3. The molecule has 23 heavy (non-hydrogen) atoms. The lowest BCUT2D eigenvalue weighted by Crippen LogP contribution is -2.32. The summed E-state index contributed by atoms with van der Waals surface area (Å²) in [5, 5.41) is 9.52. The molecule has 0 unspecified atom stereocenters. The van der Waals surface area contributed by atoms with Crippen LogP contribution in [0.1, 0.15) is 42.0 Å². The Hall–Kier alpha value is -2.63. The molecule has 0 saturated carbocycles. The normalized spacial score (nSPS) is 11.8. The van der Waals surface area contributed by atoms with Crippen LogP contribution in [0.25, 0.3) is 0 Å². The maximum atomic E-state index is 12.2. The van der Waals surface area contributed by atoms with Crippen LogP contribution < -0.4 is 10.6 Å². The van der Waals surface area contributed by atoms with Crippen molar-refractivity contribution in [2.24, 2.45) is 0 Å². The topological polar surface area (TPSA) is 84.2 Å². The SMILES string of the molecule is CC(=O)N[C@H](CC(=O)NCc1c(C)noc1C)c1ccccc1. The van der Waals surface area contributed by atoms with Crippen molar-refractivity contribution in [2.45, 2.75) is 39.8 Å². The van der Waals surface area contributed by atoms with Crippen LogP contribution in [-0.4, -0.2) is 17.0 Å². The summed E-state index contributed by atoms with van der Waals surface area (Å²) in [5.41, 5.74) is 2.55. The van der Waals surface area contributed by atoms with Crippen LogP contribution >= 0.6 is 0 Å². The summed E-state index contributed by atoms with van der Waals surface area (Å²) in [5.74, 6) is 0.384. The summed E-state index contributed by atoms with van der Waals surface area (Å²) >= 11 is 0. The minimum absolute atomic E-state index is 0.146. The van der Waals surface area contributed by atoms with E-state index in [1.807, 2.05) is 44.2 Å². The van der Waals surface area contributed by atoms with Gasteiger partial charge in [-0.2, -0.15) is 0 Å². The highest BCUT2D eigenvalue weighted by atomic mass is 16.5. The van der Waals surface area contributed by atoms with Crippen molar-refractivity contribution in [3.8, 4) is 0 Å². The van der Waals surface area contributed by atoms with E-state index in [1.165, 1.54) is 6.92 Å². The molecule has 1 atom stereocenters. The number of nitrogens with zero attached hydrogens (tertiary/aromatic N) is 1. The molecule has 0 fully saturated rings. The molecule has 1 aromatic heterocycles. The number of nitrogens with one attached hydrogen (secondary N) is 2. The Morgan fingerprint density at radius 3 is 2.48 bits per heavy atom. The molecule has 1 aromatic carbocycles. The molecule has 0 aliphatic carbocycles. The quantitative estimate of drug-likeness (QED) is 0.855. The van der Waals surface area contributed by atoms with Crippen LogP contribution in [0.15, 0.2) is 34.9 Å². The van der Waals surface area contributed by atoms with Gasteiger partial charge < -0.3 is 15.2 Å². The minimum atomic E-state index is -0.349. The summed E-state index contributed by atoms with van der Waals surface area (Å²) < 4.78 is 5.07. The number of amides is 2. The first-order valence-corrected chi connectivity index (χ1v) is 7.48. The number of rotatable bonds is 6. The van der Waals surface area contributed by atoms with E-state index in [0.29, 0.717) is 12.3 Å². The Morgan fingerprint density at radius 2 is 1.91 bits per heavy atom. The van der Waals surface area contributed by atoms with Crippen molar-refractivity contribution in [1.29, 1.82) is 0 Å². The first kappa shape index (κ1) is 16.7. The standard InChI is InChI=1S/C17H21N3O3/c1-11-15(12(2)23-20-11)10-18-17(22)9-16(19-13(3)21)14-7-5-4-6-8-14/h4-8,16H,9-10H2,1-3H3,(H,18,22)(H,19,21)/t16-/m1/s1. The lowest BCUT2D eigenvalue weighted by molar-refractivity contribution is -0.122. The zero-order chi connectivity index (χ0) is 16.8. The summed E-state index contributed by atoms with van der Waals surface area (Å²) in [4.78, 5) is 23.6. The Bertz CT molecular complexity index is 660. The van der Waals surface area contributed by atoms with E-state index in [9.17, 15) is 9.59 Å². The molecule has 122 valence electrons. The smallest absolute Gasteiger partial charge is 0.222 e. The fourth-order valence-electron chi connectivity index (χ4n) is 2.38. The number of aromatic nitrogens is 1. The average molecular weight is 315 g/mol. The summed E-state index contributed by atoms with van der Waals surface area (Å²) in [7, 11) is 0. The maximum Gasteiger partial charge on any atom is 0.222 e. The predicted molar refractivity (Wildman–Crippen MR) is 85.4 cm³/mol. The van der Waals surface area contributed by atoms with Crippen molar-refractivity contribution in [3.05, 3.63) is 52.9 Å². The van der Waals surface area contributed by atoms with Gasteiger partial charge in [-0.1, -0.05) is 35.5 Å². The largest absolute Gasteiger partial charge is 0.361 e. The molecule has 2 amide bonds. The zero-order valence-electron chi connectivity index (χ0n) is 13.6. The van der Waals surface area contributed by atoms with Crippen LogP contribution in [-0.2, 0) is 16.1 Å². The minimum Gasteiger partial charge on any atom is -0.361 e. The number of hydrogen-bond donors (Lipinski definition) is 2. The number of carbonyl (C=O) groups excluding carboxylic acids is 2. The second kappa shape index (κ2) is 7.58. The van der Waals surface area contributed by atoms with Crippen LogP contribution in [0.2, 0.25) is 0 Å². The van der Waals surface area contributed by atoms with Crippen molar-refractivity contribution in [2.75, 3.05) is 0 Å². The maximum absolute atomic E-state index is 12.2. The first-order valence-electron chi connectivity index (χ1n) is 7.48. The molecule has 6 heteroatoms. The molecule has 0 aliphatic heterocycles. The highest BCUT2D eigenvalue weighted by Crippen LogP contribution is 2.17. The van der Waals surface area contributed by atoms with E-state index in [2.05, 4.69) is 15.8 Å². The third kappa shape index (κ3) is 4.67. The van der Waals surface area contributed by atoms with E-state index in [0.717, 1.165) is 16.8 Å². The van der Waals surface area contributed by atoms with Crippen LogP contribution in [0.4, 0.5) is 0 Å². The molecule has 2 aromatic rings. The number of carbonyl (C=O) groups is 2. The van der Waals surface area contributed by atoms with Crippen molar-refractivity contribution in [1.82, 2.24) is 15.8 Å². The Labute approximate surface area is 135 Å². The lowest BCUT2D eigenvalue weighted by Gasteiger charge is -2.18. The van der Waals surface area contributed by atoms with Gasteiger partial charge in [-0.3, -0.25) is 9.59 Å². The predicted octanol–water partition coefficient (Wildman–Crippen LogP) is 2.18. The first-order chi connectivity index (χ1) is 11.0. The number of hydrogen-bond acceptors (Lipinski definition) is 4. The van der Waals surface area contributed by atoms with Gasteiger partial charge in [0.2, 0.25) is 11.8 Å². The van der Waals surface area contributed by atoms with Crippen molar-refractivity contribution >= 4 is 11.8 Å². The van der Waals surface area contributed by atoms with E-state index >= 15 is 0 Å². The fraction of sp³-hybridized carbons (Fsp3) is 0.353. The summed E-state index contributed by atoms with van der Waals surface area (Å²) in [6.07, 6.45) is 0.174. The summed E-state index contributed by atoms with van der Waals surface area (Å²) in [6.45, 7) is 5.45. The molecular weight excluding hydrogens is 294 g/mol. The lowest BCUT2D eigenvalue weighted by atomic mass is 10.0. The van der Waals surface area contributed by atoms with Crippen LogP contribution in [0.5, 0.6) is 0 Å². The fourth-order valence-corrected chi connectivity index (χ4v) is 2.38. The molecule has 0 bridgehead atoms. The molecule has 2 rings (SSSR count). The molecule has 0 saturated heterocycles. The Balaban J connectivity index is 1.99. The van der Waals surface area contributed by atoms with Crippen molar-refractivity contribution < 1.29 is 14.1 Å². The average Bonchev–Trinajstić information content (AvgIpc) is 2.84. The van der Waals surface area contributed by atoms with E-state index in [1.54, 1.807) is 0 Å². The molecule has 0 spiro atoms. The van der Waals surface area contributed by atoms with Gasteiger partial charge in [0.05, 0.1) is 18.2 Å². The van der Waals surface area contributed by atoms with Gasteiger partial charge >= 0.3 is 0 Å². The number of aryl methyl sites for hydroxylation is 2. The van der Waals surface area contributed by atoms with Crippen molar-refractivity contribution in [3.63, 3.8) is 0 Å². The Kier molecular flexibility index (Phi) is 5.51. The monoisotopic (exact) mass is 315 g/mol. The van der Waals surface area contributed by atoms with Gasteiger partial charge in [0, 0.05) is 19.0 Å². The molecule has 0 radical (unpaired) electrons. The van der Waals surface area contributed by atoms with Crippen LogP contribution in [0, 0.1) is 13.8 Å². The van der Waals surface area contributed by atoms with Gasteiger partial charge in [-0.05, 0) is 19.4 Å². The third-order valence-corrected chi connectivity index (χ3v) is 3.61. The van der Waals surface area contributed by atoms with Crippen LogP contribution in [0.3, 0.4) is 0 Å². The second-order valence-corrected chi connectivity index (χ2v) is 5.45. The van der Waals surface area contributed by atoms with Gasteiger partial charge in [-0.25, -0.2) is 0 Å².